The van der Waals surface area contributed by atoms with Gasteiger partial charge in [0.1, 0.15) is 0 Å². The van der Waals surface area contributed by atoms with Crippen molar-refractivity contribution >= 4 is 17.5 Å². The fourth-order valence-corrected chi connectivity index (χ4v) is 2.91. The molecular formula is C16H21N3O2. The van der Waals surface area contributed by atoms with Gasteiger partial charge in [-0.1, -0.05) is 12.1 Å². The quantitative estimate of drug-likeness (QED) is 0.879. The van der Waals surface area contributed by atoms with E-state index >= 15 is 0 Å². The third-order valence-corrected chi connectivity index (χ3v) is 4.20. The molecule has 0 spiro atoms. The Morgan fingerprint density at radius 2 is 2.14 bits per heavy atom. The summed E-state index contributed by atoms with van der Waals surface area (Å²) in [7, 11) is 0. The zero-order valence-corrected chi connectivity index (χ0v) is 12.1. The van der Waals surface area contributed by atoms with Crippen LogP contribution in [0.2, 0.25) is 0 Å². The highest BCUT2D eigenvalue weighted by molar-refractivity contribution is 5.92. The third kappa shape index (κ3) is 3.42. The Balaban J connectivity index is 1.56. The van der Waals surface area contributed by atoms with Crippen LogP contribution in [0.1, 0.15) is 24.8 Å². The number of carbonyl (C=O) groups excluding carboxylic acids is 2. The minimum Gasteiger partial charge on any atom is -0.338 e. The average molecular weight is 287 g/mol. The zero-order chi connectivity index (χ0) is 14.7. The molecule has 2 N–H and O–H groups in total. The summed E-state index contributed by atoms with van der Waals surface area (Å²) in [6, 6.07) is 7.79. The molecule has 112 valence electrons. The molecule has 21 heavy (non-hydrogen) atoms. The van der Waals surface area contributed by atoms with Crippen LogP contribution in [0, 0.1) is 5.92 Å². The number of benzene rings is 1. The summed E-state index contributed by atoms with van der Waals surface area (Å²) in [5, 5.41) is 6.15. The van der Waals surface area contributed by atoms with Crippen LogP contribution in [0.4, 0.5) is 5.69 Å². The van der Waals surface area contributed by atoms with Gasteiger partial charge in [0.15, 0.2) is 0 Å². The van der Waals surface area contributed by atoms with Crippen molar-refractivity contribution in [3.05, 3.63) is 29.8 Å². The molecule has 2 saturated heterocycles. The van der Waals surface area contributed by atoms with Crippen LogP contribution in [0.15, 0.2) is 24.3 Å². The van der Waals surface area contributed by atoms with Crippen LogP contribution in [0.25, 0.3) is 0 Å². The van der Waals surface area contributed by atoms with Gasteiger partial charge in [0.2, 0.25) is 11.8 Å². The van der Waals surface area contributed by atoms with Crippen molar-refractivity contribution in [2.45, 2.75) is 25.8 Å². The second-order valence-corrected chi connectivity index (χ2v) is 5.79. The number of rotatable bonds is 4. The fourth-order valence-electron chi connectivity index (χ4n) is 2.91. The second-order valence-electron chi connectivity index (χ2n) is 5.79. The van der Waals surface area contributed by atoms with E-state index in [2.05, 4.69) is 10.6 Å². The van der Waals surface area contributed by atoms with Gasteiger partial charge in [-0.2, -0.15) is 0 Å². The van der Waals surface area contributed by atoms with Gasteiger partial charge in [-0.3, -0.25) is 9.59 Å². The summed E-state index contributed by atoms with van der Waals surface area (Å²) in [4.78, 5) is 25.5. The van der Waals surface area contributed by atoms with E-state index in [0.29, 0.717) is 13.0 Å². The molecule has 1 aromatic rings. The lowest BCUT2D eigenvalue weighted by molar-refractivity contribution is -0.128. The van der Waals surface area contributed by atoms with E-state index in [1.165, 1.54) is 0 Å². The third-order valence-electron chi connectivity index (χ3n) is 4.20. The molecule has 2 aliphatic rings. The van der Waals surface area contributed by atoms with Gasteiger partial charge < -0.3 is 15.5 Å². The summed E-state index contributed by atoms with van der Waals surface area (Å²) in [6.07, 6.45) is 2.53. The SMILES string of the molecule is O=C(Nc1ccc(CN2CCCC2=O)cc1)C1CCNC1. The van der Waals surface area contributed by atoms with Crippen molar-refractivity contribution in [2.24, 2.45) is 5.92 Å². The number of anilines is 1. The highest BCUT2D eigenvalue weighted by Crippen LogP contribution is 2.17. The molecule has 3 rings (SSSR count). The molecule has 0 aromatic heterocycles. The Morgan fingerprint density at radius 1 is 1.33 bits per heavy atom. The normalized spacial score (nSPS) is 21.8. The molecule has 0 bridgehead atoms. The van der Waals surface area contributed by atoms with Gasteiger partial charge in [0.05, 0.1) is 5.92 Å². The maximum Gasteiger partial charge on any atom is 0.228 e. The van der Waals surface area contributed by atoms with Gasteiger partial charge in [-0.05, 0) is 37.1 Å². The first-order valence-electron chi connectivity index (χ1n) is 7.61. The van der Waals surface area contributed by atoms with Crippen molar-refractivity contribution in [2.75, 3.05) is 25.0 Å². The van der Waals surface area contributed by atoms with Gasteiger partial charge in [0.25, 0.3) is 0 Å². The van der Waals surface area contributed by atoms with E-state index in [1.54, 1.807) is 0 Å². The number of nitrogens with one attached hydrogen (secondary N) is 2. The van der Waals surface area contributed by atoms with E-state index in [1.807, 2.05) is 29.2 Å². The monoisotopic (exact) mass is 287 g/mol. The second kappa shape index (κ2) is 6.26. The summed E-state index contributed by atoms with van der Waals surface area (Å²) in [5.74, 6) is 0.399. The number of hydrogen-bond donors (Lipinski definition) is 2. The van der Waals surface area contributed by atoms with Crippen molar-refractivity contribution in [3.8, 4) is 0 Å². The fraction of sp³-hybridized carbons (Fsp3) is 0.500. The van der Waals surface area contributed by atoms with E-state index in [-0.39, 0.29) is 17.7 Å². The van der Waals surface area contributed by atoms with Crippen molar-refractivity contribution in [3.63, 3.8) is 0 Å². The number of likely N-dealkylation sites (tertiary alicyclic amines) is 1. The first-order valence-corrected chi connectivity index (χ1v) is 7.61. The maximum atomic E-state index is 12.0. The molecule has 0 radical (unpaired) electrons. The lowest BCUT2D eigenvalue weighted by Gasteiger charge is -2.16. The number of hydrogen-bond acceptors (Lipinski definition) is 3. The molecule has 2 aliphatic heterocycles. The van der Waals surface area contributed by atoms with Gasteiger partial charge in [0, 0.05) is 31.7 Å². The molecule has 2 amide bonds. The summed E-state index contributed by atoms with van der Waals surface area (Å²) in [5.41, 5.74) is 1.93. The van der Waals surface area contributed by atoms with Crippen LogP contribution >= 0.6 is 0 Å². The van der Waals surface area contributed by atoms with Gasteiger partial charge >= 0.3 is 0 Å². The highest BCUT2D eigenvalue weighted by atomic mass is 16.2. The number of amides is 2. The average Bonchev–Trinajstić information content (AvgIpc) is 3.14. The predicted molar refractivity (Wildman–Crippen MR) is 80.7 cm³/mol. The van der Waals surface area contributed by atoms with Gasteiger partial charge in [-0.15, -0.1) is 0 Å². The first kappa shape index (κ1) is 14.1. The summed E-state index contributed by atoms with van der Waals surface area (Å²) < 4.78 is 0. The van der Waals surface area contributed by atoms with Gasteiger partial charge in [-0.25, -0.2) is 0 Å². The largest absolute Gasteiger partial charge is 0.338 e. The Morgan fingerprint density at radius 3 is 2.76 bits per heavy atom. The number of carbonyl (C=O) groups is 2. The predicted octanol–water partition coefficient (Wildman–Crippen LogP) is 1.36. The van der Waals surface area contributed by atoms with E-state index in [0.717, 1.165) is 43.7 Å². The van der Waals surface area contributed by atoms with Crippen molar-refractivity contribution < 1.29 is 9.59 Å². The Kier molecular flexibility index (Phi) is 4.20. The topological polar surface area (TPSA) is 61.4 Å². The standard InChI is InChI=1S/C16H21N3O2/c20-15-2-1-9-19(15)11-12-3-5-14(6-4-12)18-16(21)13-7-8-17-10-13/h3-6,13,17H,1-2,7-11H2,(H,18,21). The molecule has 5 nitrogen and oxygen atoms in total. The molecular weight excluding hydrogens is 266 g/mol. The molecule has 0 saturated carbocycles. The maximum absolute atomic E-state index is 12.0. The van der Waals surface area contributed by atoms with Crippen molar-refractivity contribution in [1.82, 2.24) is 10.2 Å². The minimum absolute atomic E-state index is 0.0758. The van der Waals surface area contributed by atoms with Crippen LogP contribution in [0.5, 0.6) is 0 Å². The van der Waals surface area contributed by atoms with Crippen LogP contribution in [-0.4, -0.2) is 36.3 Å². The van der Waals surface area contributed by atoms with Crippen molar-refractivity contribution in [1.29, 1.82) is 0 Å². The van der Waals surface area contributed by atoms with Crippen LogP contribution in [0.3, 0.4) is 0 Å². The Labute approximate surface area is 124 Å². The first-order chi connectivity index (χ1) is 10.2. The lowest BCUT2D eigenvalue weighted by Crippen LogP contribution is -2.25. The minimum atomic E-state index is 0.0758. The van der Waals surface area contributed by atoms with Crippen LogP contribution < -0.4 is 10.6 Å². The zero-order valence-electron chi connectivity index (χ0n) is 12.1. The molecule has 1 aromatic carbocycles. The molecule has 5 heteroatoms. The summed E-state index contributed by atoms with van der Waals surface area (Å²) >= 11 is 0. The Hall–Kier alpha value is -1.88. The summed E-state index contributed by atoms with van der Waals surface area (Å²) in [6.45, 7) is 3.20. The van der Waals surface area contributed by atoms with Crippen LogP contribution in [-0.2, 0) is 16.1 Å². The van der Waals surface area contributed by atoms with E-state index < -0.39 is 0 Å². The lowest BCUT2D eigenvalue weighted by atomic mass is 10.1. The molecule has 1 unspecified atom stereocenters. The highest BCUT2D eigenvalue weighted by Gasteiger charge is 2.22. The molecule has 2 heterocycles. The number of nitrogens with zero attached hydrogens (tertiary/aromatic N) is 1. The van der Waals surface area contributed by atoms with E-state index in [9.17, 15) is 9.59 Å². The Bertz CT molecular complexity index is 521. The molecule has 0 aliphatic carbocycles. The smallest absolute Gasteiger partial charge is 0.228 e. The van der Waals surface area contributed by atoms with E-state index in [4.69, 9.17) is 0 Å². The molecule has 2 fully saturated rings. The molecule has 1 atom stereocenters.